The van der Waals surface area contributed by atoms with Gasteiger partial charge in [-0.3, -0.25) is 0 Å². The molecule has 2 aromatic rings. The molecule has 1 unspecified atom stereocenters. The second-order valence-electron chi connectivity index (χ2n) is 4.37. The van der Waals surface area contributed by atoms with Gasteiger partial charge in [0.2, 0.25) is 0 Å². The lowest BCUT2D eigenvalue weighted by atomic mass is 9.98. The monoisotopic (exact) mass is 247 g/mol. The van der Waals surface area contributed by atoms with E-state index in [1.807, 2.05) is 19.1 Å². The molecule has 1 aliphatic heterocycles. The summed E-state index contributed by atoms with van der Waals surface area (Å²) < 4.78 is 0. The number of hydrogen-bond donors (Lipinski definition) is 2. The van der Waals surface area contributed by atoms with Crippen LogP contribution in [0.15, 0.2) is 24.3 Å². The average molecular weight is 248 g/mol. The molecule has 1 aromatic carbocycles. The fraction of sp³-hybridized carbons (Fsp3) is 0.308. The number of H-pyrrole nitrogens is 1. The van der Waals surface area contributed by atoms with Crippen molar-refractivity contribution in [2.75, 3.05) is 6.54 Å². The summed E-state index contributed by atoms with van der Waals surface area (Å²) in [5, 5.41) is 4.27. The lowest BCUT2D eigenvalue weighted by Gasteiger charge is -2.23. The maximum atomic E-state index is 5.91. The van der Waals surface area contributed by atoms with E-state index in [9.17, 15) is 0 Å². The second-order valence-corrected chi connectivity index (χ2v) is 4.81. The van der Waals surface area contributed by atoms with E-state index in [0.29, 0.717) is 0 Å². The minimum atomic E-state index is 0.181. The number of fused-ring (bicyclic) bond motifs is 1. The van der Waals surface area contributed by atoms with Gasteiger partial charge < -0.3 is 10.3 Å². The highest BCUT2D eigenvalue weighted by atomic mass is 35.5. The summed E-state index contributed by atoms with van der Waals surface area (Å²) in [4.78, 5) is 7.91. The average Bonchev–Trinajstić information content (AvgIpc) is 2.70. The van der Waals surface area contributed by atoms with E-state index in [1.54, 1.807) is 0 Å². The number of nitrogens with zero attached hydrogens (tertiary/aromatic N) is 1. The Hall–Kier alpha value is -1.32. The number of nitrogens with one attached hydrogen (secondary N) is 2. The van der Waals surface area contributed by atoms with Gasteiger partial charge in [-0.1, -0.05) is 23.7 Å². The van der Waals surface area contributed by atoms with Crippen molar-refractivity contribution in [2.45, 2.75) is 19.4 Å². The number of hydrogen-bond acceptors (Lipinski definition) is 2. The summed E-state index contributed by atoms with van der Waals surface area (Å²) >= 11 is 5.91. The van der Waals surface area contributed by atoms with Crippen molar-refractivity contribution in [3.63, 3.8) is 0 Å². The summed E-state index contributed by atoms with van der Waals surface area (Å²) in [5.41, 5.74) is 3.58. The first-order valence-corrected chi connectivity index (χ1v) is 6.16. The summed E-state index contributed by atoms with van der Waals surface area (Å²) in [6.45, 7) is 2.97. The van der Waals surface area contributed by atoms with Gasteiger partial charge in [0, 0.05) is 23.7 Å². The molecule has 0 amide bonds. The quantitative estimate of drug-likeness (QED) is 0.813. The van der Waals surface area contributed by atoms with Gasteiger partial charge in [0.05, 0.1) is 11.7 Å². The fourth-order valence-corrected chi connectivity index (χ4v) is 2.48. The Labute approximate surface area is 105 Å². The van der Waals surface area contributed by atoms with Crippen LogP contribution >= 0.6 is 11.6 Å². The SMILES string of the molecule is Cc1nc2c([nH]1)CCNC2c1ccc(Cl)cc1. The minimum Gasteiger partial charge on any atom is -0.346 e. The summed E-state index contributed by atoms with van der Waals surface area (Å²) in [6, 6.07) is 8.14. The van der Waals surface area contributed by atoms with Crippen molar-refractivity contribution in [2.24, 2.45) is 0 Å². The topological polar surface area (TPSA) is 40.7 Å². The first kappa shape index (κ1) is 10.8. The smallest absolute Gasteiger partial charge is 0.103 e. The van der Waals surface area contributed by atoms with E-state index in [1.165, 1.54) is 11.3 Å². The van der Waals surface area contributed by atoms with E-state index in [2.05, 4.69) is 27.4 Å². The van der Waals surface area contributed by atoms with Gasteiger partial charge in [-0.05, 0) is 24.6 Å². The molecule has 2 heterocycles. The van der Waals surface area contributed by atoms with Gasteiger partial charge in [0.15, 0.2) is 0 Å². The second kappa shape index (κ2) is 4.17. The normalized spacial score (nSPS) is 19.1. The number of aromatic nitrogens is 2. The molecule has 0 aliphatic carbocycles. The fourth-order valence-electron chi connectivity index (χ4n) is 2.36. The molecule has 0 spiro atoms. The Kier molecular flexibility index (Phi) is 2.65. The van der Waals surface area contributed by atoms with Gasteiger partial charge in [-0.25, -0.2) is 4.98 Å². The van der Waals surface area contributed by atoms with Gasteiger partial charge in [0.25, 0.3) is 0 Å². The van der Waals surface area contributed by atoms with Crippen LogP contribution in [0.4, 0.5) is 0 Å². The van der Waals surface area contributed by atoms with Crippen LogP contribution in [0.25, 0.3) is 0 Å². The molecule has 3 nitrogen and oxygen atoms in total. The lowest BCUT2D eigenvalue weighted by Crippen LogP contribution is -2.30. The van der Waals surface area contributed by atoms with Crippen molar-refractivity contribution >= 4 is 11.6 Å². The minimum absolute atomic E-state index is 0.181. The molecule has 17 heavy (non-hydrogen) atoms. The molecule has 1 aromatic heterocycles. The molecule has 0 saturated carbocycles. The molecule has 3 rings (SSSR count). The van der Waals surface area contributed by atoms with Crippen LogP contribution in [-0.2, 0) is 6.42 Å². The maximum absolute atomic E-state index is 5.91. The number of aryl methyl sites for hydroxylation is 1. The van der Waals surface area contributed by atoms with Crippen molar-refractivity contribution in [1.82, 2.24) is 15.3 Å². The Balaban J connectivity index is 2.02. The van der Waals surface area contributed by atoms with Crippen LogP contribution in [0.5, 0.6) is 0 Å². The molecular weight excluding hydrogens is 234 g/mol. The van der Waals surface area contributed by atoms with Crippen LogP contribution in [0.1, 0.15) is 28.8 Å². The van der Waals surface area contributed by atoms with E-state index in [0.717, 1.165) is 29.5 Å². The molecule has 4 heteroatoms. The highest BCUT2D eigenvalue weighted by molar-refractivity contribution is 6.30. The number of aromatic amines is 1. The van der Waals surface area contributed by atoms with Crippen LogP contribution in [0.3, 0.4) is 0 Å². The first-order chi connectivity index (χ1) is 8.24. The molecule has 0 fully saturated rings. The van der Waals surface area contributed by atoms with Crippen molar-refractivity contribution in [1.29, 1.82) is 0 Å². The third-order valence-corrected chi connectivity index (χ3v) is 3.38. The molecule has 2 N–H and O–H groups in total. The molecule has 0 saturated heterocycles. The van der Waals surface area contributed by atoms with Gasteiger partial charge in [-0.15, -0.1) is 0 Å². The van der Waals surface area contributed by atoms with Crippen LogP contribution in [0, 0.1) is 6.92 Å². The zero-order valence-electron chi connectivity index (χ0n) is 9.63. The van der Waals surface area contributed by atoms with Crippen LogP contribution < -0.4 is 5.32 Å². The van der Waals surface area contributed by atoms with Gasteiger partial charge in [-0.2, -0.15) is 0 Å². The summed E-state index contributed by atoms with van der Waals surface area (Å²) in [7, 11) is 0. The van der Waals surface area contributed by atoms with E-state index in [-0.39, 0.29) is 6.04 Å². The largest absolute Gasteiger partial charge is 0.346 e. The number of rotatable bonds is 1. The molecular formula is C13H14ClN3. The summed E-state index contributed by atoms with van der Waals surface area (Å²) in [5.74, 6) is 0.984. The van der Waals surface area contributed by atoms with E-state index in [4.69, 9.17) is 11.6 Å². The van der Waals surface area contributed by atoms with Gasteiger partial charge in [0.1, 0.15) is 5.82 Å². The Morgan fingerprint density at radius 1 is 1.29 bits per heavy atom. The predicted molar refractivity (Wildman–Crippen MR) is 68.3 cm³/mol. The Bertz CT molecular complexity index is 530. The predicted octanol–water partition coefficient (Wildman–Crippen LogP) is 2.61. The van der Waals surface area contributed by atoms with Crippen LogP contribution in [-0.4, -0.2) is 16.5 Å². The van der Waals surface area contributed by atoms with Crippen LogP contribution in [0.2, 0.25) is 5.02 Å². The molecule has 1 atom stereocenters. The Morgan fingerprint density at radius 3 is 2.82 bits per heavy atom. The maximum Gasteiger partial charge on any atom is 0.103 e. The Morgan fingerprint density at radius 2 is 2.06 bits per heavy atom. The number of halogens is 1. The van der Waals surface area contributed by atoms with Crippen molar-refractivity contribution in [3.05, 3.63) is 52.1 Å². The van der Waals surface area contributed by atoms with Crippen molar-refractivity contribution in [3.8, 4) is 0 Å². The van der Waals surface area contributed by atoms with Gasteiger partial charge >= 0.3 is 0 Å². The van der Waals surface area contributed by atoms with E-state index >= 15 is 0 Å². The first-order valence-electron chi connectivity index (χ1n) is 5.78. The molecule has 88 valence electrons. The third kappa shape index (κ3) is 1.96. The zero-order chi connectivity index (χ0) is 11.8. The standard InChI is InChI=1S/C13H14ClN3/c1-8-16-11-6-7-15-12(13(11)17-8)9-2-4-10(14)5-3-9/h2-5,12,15H,6-7H2,1H3,(H,16,17). The lowest BCUT2D eigenvalue weighted by molar-refractivity contribution is 0.553. The number of imidazole rings is 1. The van der Waals surface area contributed by atoms with Crippen molar-refractivity contribution < 1.29 is 0 Å². The molecule has 0 radical (unpaired) electrons. The number of benzene rings is 1. The zero-order valence-corrected chi connectivity index (χ0v) is 10.4. The highest BCUT2D eigenvalue weighted by Gasteiger charge is 2.24. The molecule has 1 aliphatic rings. The highest BCUT2D eigenvalue weighted by Crippen LogP contribution is 2.27. The third-order valence-electron chi connectivity index (χ3n) is 3.13. The van der Waals surface area contributed by atoms with E-state index < -0.39 is 0 Å². The summed E-state index contributed by atoms with van der Waals surface area (Å²) in [6.07, 6.45) is 1.01. The molecule has 0 bridgehead atoms.